The van der Waals surface area contributed by atoms with E-state index in [0.29, 0.717) is 6.42 Å². The third-order valence-electron chi connectivity index (χ3n) is 7.56. The third-order valence-corrected chi connectivity index (χ3v) is 7.56. The minimum absolute atomic E-state index is 0.0683. The van der Waals surface area contributed by atoms with Gasteiger partial charge in [0, 0.05) is 42.9 Å². The van der Waals surface area contributed by atoms with Crippen LogP contribution in [0.3, 0.4) is 0 Å². The third kappa shape index (κ3) is 9.29. The van der Waals surface area contributed by atoms with Crippen LogP contribution in [0.25, 0.3) is 10.9 Å². The highest BCUT2D eigenvalue weighted by atomic mass is 16.2. The lowest BCUT2D eigenvalue weighted by atomic mass is 10.0. The van der Waals surface area contributed by atoms with Gasteiger partial charge in [0.15, 0.2) is 5.96 Å². The Morgan fingerprint density at radius 3 is 2.16 bits per heavy atom. The highest BCUT2D eigenvalue weighted by Gasteiger charge is 2.32. The largest absolute Gasteiger partial charge is 0.370 e. The van der Waals surface area contributed by atoms with Crippen LogP contribution in [0.2, 0.25) is 0 Å². The van der Waals surface area contributed by atoms with E-state index in [0.717, 1.165) is 22.0 Å². The van der Waals surface area contributed by atoms with Gasteiger partial charge in [-0.1, -0.05) is 48.5 Å². The summed E-state index contributed by atoms with van der Waals surface area (Å²) in [6.45, 7) is 0.200. The molecule has 1 aliphatic rings. The molecule has 238 valence electrons. The number of H-pyrrole nitrogens is 1. The van der Waals surface area contributed by atoms with Crippen molar-refractivity contribution >= 4 is 46.4 Å². The number of hydrogen-bond acceptors (Lipinski definition) is 6. The topological polar surface area (TPSA) is 240 Å². The van der Waals surface area contributed by atoms with Gasteiger partial charge in [-0.25, -0.2) is 0 Å². The summed E-state index contributed by atoms with van der Waals surface area (Å²) in [5.41, 5.74) is 18.8. The maximum absolute atomic E-state index is 13.8. The number of carbonyl (C=O) groups is 5. The quantitative estimate of drug-likeness (QED) is 0.0865. The van der Waals surface area contributed by atoms with Gasteiger partial charge in [-0.15, -0.1) is 0 Å². The lowest BCUT2D eigenvalue weighted by Gasteiger charge is -2.27. The molecular formula is C31H39N9O5. The molecule has 0 saturated carbocycles. The number of benzene rings is 2. The van der Waals surface area contributed by atoms with Crippen LogP contribution in [0.4, 0.5) is 0 Å². The number of hydrogen-bond donors (Lipinski definition) is 8. The van der Waals surface area contributed by atoms with Crippen molar-refractivity contribution < 1.29 is 24.0 Å². The van der Waals surface area contributed by atoms with Gasteiger partial charge in [0.1, 0.15) is 24.2 Å². The summed E-state index contributed by atoms with van der Waals surface area (Å²) >= 11 is 0. The molecule has 14 heteroatoms. The first-order chi connectivity index (χ1) is 21.6. The molecule has 5 amide bonds. The van der Waals surface area contributed by atoms with Crippen molar-refractivity contribution in [3.05, 3.63) is 71.9 Å². The molecule has 0 bridgehead atoms. The van der Waals surface area contributed by atoms with Gasteiger partial charge in [-0.3, -0.25) is 29.0 Å². The van der Waals surface area contributed by atoms with Gasteiger partial charge in [0.2, 0.25) is 29.5 Å². The van der Waals surface area contributed by atoms with E-state index in [9.17, 15) is 24.0 Å². The summed E-state index contributed by atoms with van der Waals surface area (Å²) in [4.78, 5) is 73.4. The van der Waals surface area contributed by atoms with E-state index in [1.807, 2.05) is 54.6 Å². The van der Waals surface area contributed by atoms with E-state index in [1.54, 1.807) is 6.20 Å². The zero-order chi connectivity index (χ0) is 32.3. The molecular weight excluding hydrogens is 578 g/mol. The number of fused-ring (bicyclic) bond motifs is 1. The van der Waals surface area contributed by atoms with Crippen molar-refractivity contribution in [1.82, 2.24) is 26.3 Å². The summed E-state index contributed by atoms with van der Waals surface area (Å²) in [5.74, 6) is -3.35. The molecule has 11 N–H and O–H groups in total. The van der Waals surface area contributed by atoms with E-state index in [2.05, 4.69) is 31.2 Å². The number of aliphatic imine (C=N–C) groups is 1. The molecule has 45 heavy (non-hydrogen) atoms. The standard InChI is InChI=1S/C31H39N9O5/c32-27(42)22-12-13-26(41)37-24(15-18-7-2-1-3-8-18)29(44)39-23(11-6-14-35-31(33)34)28(43)40-25(30(45)38-22)16-19-17-36-21-10-5-4-9-20(19)21/h1-5,7-10,17,22-25,36H,6,11-16H2,(H2,32,42)(H,37,41)(H,38,45)(H,39,44)(H,40,43)(H4,33,34,35)/t22-,23-,24+,25-/m0/s1. The van der Waals surface area contributed by atoms with Crippen LogP contribution in [0.15, 0.2) is 65.8 Å². The number of rotatable bonds is 9. The molecule has 1 aliphatic heterocycles. The zero-order valence-corrected chi connectivity index (χ0v) is 24.8. The minimum Gasteiger partial charge on any atom is -0.370 e. The van der Waals surface area contributed by atoms with Crippen molar-refractivity contribution in [3.63, 3.8) is 0 Å². The van der Waals surface area contributed by atoms with Crippen LogP contribution in [-0.2, 0) is 36.8 Å². The van der Waals surface area contributed by atoms with Crippen LogP contribution in [0, 0.1) is 0 Å². The Morgan fingerprint density at radius 2 is 1.42 bits per heavy atom. The fraction of sp³-hybridized carbons (Fsp3) is 0.355. The number of nitrogens with two attached hydrogens (primary N) is 3. The van der Waals surface area contributed by atoms with E-state index in [-0.39, 0.29) is 44.6 Å². The normalized spacial score (nSPS) is 21.5. The SMILES string of the molecule is NC(=O)[C@@H]1CCC(=O)N[C@H](Cc2ccccc2)C(=O)N[C@@H](CCCN=C(N)N)C(=O)N[C@@H](Cc2c[nH]c3ccccc23)C(=O)N1. The molecule has 1 fully saturated rings. The average molecular weight is 618 g/mol. The van der Waals surface area contributed by atoms with Gasteiger partial charge in [-0.2, -0.15) is 0 Å². The lowest BCUT2D eigenvalue weighted by Crippen LogP contribution is -2.59. The fourth-order valence-corrected chi connectivity index (χ4v) is 5.21. The Balaban J connectivity index is 1.66. The lowest BCUT2D eigenvalue weighted by molar-refractivity contribution is -0.135. The second-order valence-corrected chi connectivity index (χ2v) is 10.9. The molecule has 2 aromatic carbocycles. The van der Waals surface area contributed by atoms with Crippen molar-refractivity contribution in [2.24, 2.45) is 22.2 Å². The first kappa shape index (κ1) is 32.5. The van der Waals surface area contributed by atoms with Crippen molar-refractivity contribution in [1.29, 1.82) is 0 Å². The molecule has 4 rings (SSSR count). The van der Waals surface area contributed by atoms with Crippen molar-refractivity contribution in [2.45, 2.75) is 62.7 Å². The molecule has 14 nitrogen and oxygen atoms in total. The maximum Gasteiger partial charge on any atom is 0.243 e. The van der Waals surface area contributed by atoms with Gasteiger partial charge >= 0.3 is 0 Å². The summed E-state index contributed by atoms with van der Waals surface area (Å²) in [6, 6.07) is 12.1. The molecule has 0 unspecified atom stereocenters. The molecule has 1 saturated heterocycles. The molecule has 3 aromatic rings. The Labute approximate surface area is 259 Å². The zero-order valence-electron chi connectivity index (χ0n) is 24.8. The van der Waals surface area contributed by atoms with E-state index < -0.39 is 53.7 Å². The Hall–Kier alpha value is -5.40. The number of nitrogens with one attached hydrogen (secondary N) is 5. The van der Waals surface area contributed by atoms with Crippen molar-refractivity contribution in [3.8, 4) is 0 Å². The molecule has 2 heterocycles. The number of guanidine groups is 1. The summed E-state index contributed by atoms with van der Waals surface area (Å²) < 4.78 is 0. The molecule has 4 atom stereocenters. The smallest absolute Gasteiger partial charge is 0.243 e. The molecule has 0 aliphatic carbocycles. The number of aromatic amines is 1. The first-order valence-electron chi connectivity index (χ1n) is 14.7. The average Bonchev–Trinajstić information content (AvgIpc) is 3.42. The first-order valence-corrected chi connectivity index (χ1v) is 14.7. The van der Waals surface area contributed by atoms with Crippen molar-refractivity contribution in [2.75, 3.05) is 6.54 Å². The van der Waals surface area contributed by atoms with Crippen LogP contribution < -0.4 is 38.5 Å². The number of amides is 5. The van der Waals surface area contributed by atoms with Crippen LogP contribution in [-0.4, -0.2) is 71.2 Å². The molecule has 1 aromatic heterocycles. The highest BCUT2D eigenvalue weighted by Crippen LogP contribution is 2.19. The number of nitrogens with zero attached hydrogens (tertiary/aromatic N) is 1. The number of aromatic nitrogens is 1. The van der Waals surface area contributed by atoms with Crippen LogP contribution >= 0.6 is 0 Å². The predicted octanol–water partition coefficient (Wildman–Crippen LogP) is -0.775. The highest BCUT2D eigenvalue weighted by molar-refractivity contribution is 5.96. The number of carbonyl (C=O) groups excluding carboxylic acids is 5. The van der Waals surface area contributed by atoms with Gasteiger partial charge in [0.05, 0.1) is 0 Å². The number of para-hydroxylation sites is 1. The molecule has 0 radical (unpaired) electrons. The Morgan fingerprint density at radius 1 is 0.778 bits per heavy atom. The summed E-state index contributed by atoms with van der Waals surface area (Å²) in [6.07, 6.45) is 2.13. The summed E-state index contributed by atoms with van der Waals surface area (Å²) in [7, 11) is 0. The van der Waals surface area contributed by atoms with Crippen LogP contribution in [0.5, 0.6) is 0 Å². The second kappa shape index (κ2) is 15.4. The van der Waals surface area contributed by atoms with E-state index in [4.69, 9.17) is 17.2 Å². The minimum atomic E-state index is -1.19. The maximum atomic E-state index is 13.8. The van der Waals surface area contributed by atoms with E-state index >= 15 is 0 Å². The van der Waals surface area contributed by atoms with Gasteiger partial charge < -0.3 is 43.5 Å². The Kier molecular flexibility index (Phi) is 11.1. The summed E-state index contributed by atoms with van der Waals surface area (Å²) in [5, 5.41) is 11.7. The number of primary amides is 1. The molecule has 0 spiro atoms. The second-order valence-electron chi connectivity index (χ2n) is 10.9. The monoisotopic (exact) mass is 617 g/mol. The van der Waals surface area contributed by atoms with Crippen LogP contribution in [0.1, 0.15) is 36.8 Å². The van der Waals surface area contributed by atoms with Gasteiger partial charge in [0.25, 0.3) is 0 Å². The predicted molar refractivity (Wildman–Crippen MR) is 168 cm³/mol. The van der Waals surface area contributed by atoms with E-state index in [1.165, 1.54) is 0 Å². The van der Waals surface area contributed by atoms with Gasteiger partial charge in [-0.05, 0) is 36.5 Å². The fourth-order valence-electron chi connectivity index (χ4n) is 5.21. The Bertz CT molecular complexity index is 1550.